The van der Waals surface area contributed by atoms with E-state index in [0.717, 1.165) is 12.0 Å². The smallest absolute Gasteiger partial charge is 0.497 e. The Morgan fingerprint density at radius 3 is 2.20 bits per heavy atom. The molecule has 162 valence electrons. The van der Waals surface area contributed by atoms with E-state index in [4.69, 9.17) is 28.9 Å². The van der Waals surface area contributed by atoms with Gasteiger partial charge in [0.15, 0.2) is 11.5 Å². The summed E-state index contributed by atoms with van der Waals surface area (Å²) in [7, 11) is -0.409. The van der Waals surface area contributed by atoms with Crippen molar-refractivity contribution < 1.29 is 42.9 Å². The second-order valence-electron chi connectivity index (χ2n) is 6.78. The van der Waals surface area contributed by atoms with E-state index < -0.39 is 7.82 Å². The molecule has 0 bridgehead atoms. The maximum Gasteiger partial charge on any atom is 0.505 e. The number of methoxy groups -OCH3 is 3. The lowest BCUT2D eigenvalue weighted by molar-refractivity contribution is -0.124. The van der Waals surface area contributed by atoms with Crippen LogP contribution in [0.15, 0.2) is 36.4 Å². The van der Waals surface area contributed by atoms with Crippen molar-refractivity contribution in [1.29, 1.82) is 0 Å². The van der Waals surface area contributed by atoms with Crippen LogP contribution in [0.2, 0.25) is 0 Å². The van der Waals surface area contributed by atoms with Crippen molar-refractivity contribution in [3.8, 4) is 23.0 Å². The lowest BCUT2D eigenvalue weighted by Gasteiger charge is -2.36. The van der Waals surface area contributed by atoms with Gasteiger partial charge in [0.1, 0.15) is 11.5 Å². The van der Waals surface area contributed by atoms with E-state index in [-0.39, 0.29) is 29.1 Å². The molecule has 9 nitrogen and oxygen atoms in total. The zero-order chi connectivity index (χ0) is 21.9. The molecular weight excluding hydrogens is 415 g/mol. The largest absolute Gasteiger partial charge is 0.505 e. The first-order valence-corrected chi connectivity index (χ1v) is 10.7. The topological polar surface area (TPSA) is 121 Å². The van der Waals surface area contributed by atoms with Gasteiger partial charge >= 0.3 is 7.82 Å². The first-order chi connectivity index (χ1) is 14.3. The summed E-state index contributed by atoms with van der Waals surface area (Å²) < 4.78 is 30.8. The van der Waals surface area contributed by atoms with Crippen molar-refractivity contribution in [3.05, 3.63) is 47.5 Å². The Kier molecular flexibility index (Phi) is 6.67. The first kappa shape index (κ1) is 22.1. The van der Waals surface area contributed by atoms with Crippen LogP contribution in [0.25, 0.3) is 0 Å². The van der Waals surface area contributed by atoms with Gasteiger partial charge in [-0.1, -0.05) is 10.7 Å². The third-order valence-electron chi connectivity index (χ3n) is 5.12. The van der Waals surface area contributed by atoms with E-state index in [9.17, 15) is 9.36 Å². The van der Waals surface area contributed by atoms with Crippen LogP contribution in [-0.2, 0) is 9.24 Å². The third kappa shape index (κ3) is 4.76. The van der Waals surface area contributed by atoms with Gasteiger partial charge in [0.05, 0.1) is 26.9 Å². The van der Waals surface area contributed by atoms with Gasteiger partial charge in [-0.05, 0) is 54.7 Å². The van der Waals surface area contributed by atoms with Gasteiger partial charge in [-0.25, -0.2) is 4.57 Å². The van der Waals surface area contributed by atoms with E-state index >= 15 is 0 Å². The molecule has 1 aliphatic carbocycles. The second kappa shape index (κ2) is 9.06. The van der Waals surface area contributed by atoms with Crippen molar-refractivity contribution >= 4 is 13.6 Å². The average Bonchev–Trinajstić information content (AvgIpc) is 2.70. The van der Waals surface area contributed by atoms with Gasteiger partial charge in [0, 0.05) is 5.92 Å². The highest BCUT2D eigenvalue weighted by Crippen LogP contribution is 2.47. The number of carbonyl (C=O) groups excluding carboxylic acids is 1. The normalized spacial score (nSPS) is 18.3. The van der Waals surface area contributed by atoms with E-state index in [1.807, 2.05) is 0 Å². The summed E-state index contributed by atoms with van der Waals surface area (Å²) >= 11 is 0. The molecule has 1 saturated carbocycles. The quantitative estimate of drug-likeness (QED) is 0.262. The van der Waals surface area contributed by atoms with Crippen LogP contribution < -0.4 is 19.1 Å². The summed E-state index contributed by atoms with van der Waals surface area (Å²) in [5.74, 6) is 0.836. The Bertz CT molecular complexity index is 969. The minimum Gasteiger partial charge on any atom is -0.497 e. The third-order valence-corrected chi connectivity index (χ3v) is 5.39. The minimum absolute atomic E-state index is 0.00962. The van der Waals surface area contributed by atoms with Crippen molar-refractivity contribution in [2.75, 3.05) is 21.3 Å². The van der Waals surface area contributed by atoms with E-state index in [1.54, 1.807) is 36.4 Å². The molecule has 1 aliphatic rings. The highest BCUT2D eigenvalue weighted by atomic mass is 31.2. The van der Waals surface area contributed by atoms with Crippen molar-refractivity contribution in [2.24, 2.45) is 5.92 Å². The summed E-state index contributed by atoms with van der Waals surface area (Å²) in [6.07, 6.45) is 1.47. The van der Waals surface area contributed by atoms with E-state index in [2.05, 4.69) is 4.67 Å². The summed E-state index contributed by atoms with van der Waals surface area (Å²) in [4.78, 5) is 35.7. The number of ether oxygens (including phenoxy) is 3. The Morgan fingerprint density at radius 1 is 0.933 bits per heavy atom. The lowest BCUT2D eigenvalue weighted by Crippen LogP contribution is -2.31. The molecule has 0 aromatic heterocycles. The number of rotatable bonds is 9. The summed E-state index contributed by atoms with van der Waals surface area (Å²) in [6.45, 7) is 0. The molecule has 0 radical (unpaired) electrons. The first-order valence-electron chi connectivity index (χ1n) is 9.13. The Morgan fingerprint density at radius 2 is 1.63 bits per heavy atom. The molecule has 1 fully saturated rings. The molecule has 2 aromatic rings. The van der Waals surface area contributed by atoms with Crippen LogP contribution in [0.5, 0.6) is 23.0 Å². The fourth-order valence-electron chi connectivity index (χ4n) is 3.50. The monoisotopic (exact) mass is 438 g/mol. The van der Waals surface area contributed by atoms with Crippen molar-refractivity contribution in [3.63, 3.8) is 0 Å². The molecule has 0 amide bonds. The molecule has 2 aromatic carbocycles. The van der Waals surface area contributed by atoms with Crippen LogP contribution in [0.1, 0.15) is 34.7 Å². The molecule has 3 rings (SSSR count). The average molecular weight is 438 g/mol. The molecular formula is C20H23O9P. The van der Waals surface area contributed by atoms with Gasteiger partial charge in [0.25, 0.3) is 0 Å². The molecule has 30 heavy (non-hydrogen) atoms. The number of ketones is 1. The molecule has 0 saturated heterocycles. The fraction of sp³-hybridized carbons (Fsp3) is 0.350. The standard InChI is InChI=1S/C20H23O9P/c1-25-13-5-9-17(26-2)16(11-13)20(21)15-7-6-14(15)12-4-8-18(27-3)19(10-12)28-29-30(22,23)24/h4-5,8-11,14-15H,6-7H2,1-3H3,(H2,22,23,24). The maximum atomic E-state index is 13.2. The van der Waals surface area contributed by atoms with E-state index in [0.29, 0.717) is 23.5 Å². The van der Waals surface area contributed by atoms with Gasteiger partial charge in [-0.15, -0.1) is 0 Å². The van der Waals surface area contributed by atoms with E-state index in [1.165, 1.54) is 21.3 Å². The highest BCUT2D eigenvalue weighted by molar-refractivity contribution is 7.46. The molecule has 0 aliphatic heterocycles. The summed E-state index contributed by atoms with van der Waals surface area (Å²) in [6, 6.07) is 10.0. The predicted octanol–water partition coefficient (Wildman–Crippen LogP) is 3.49. The number of phosphoric acid groups is 1. The summed E-state index contributed by atoms with van der Waals surface area (Å²) in [5, 5.41) is 0. The zero-order valence-electron chi connectivity index (χ0n) is 16.7. The number of hydrogen-bond acceptors (Lipinski definition) is 7. The molecule has 10 heteroatoms. The lowest BCUT2D eigenvalue weighted by atomic mass is 9.67. The number of benzene rings is 2. The molecule has 2 atom stereocenters. The van der Waals surface area contributed by atoms with Crippen LogP contribution in [0.4, 0.5) is 0 Å². The Labute approximate surface area is 173 Å². The van der Waals surface area contributed by atoms with Gasteiger partial charge < -0.3 is 28.9 Å². The van der Waals surface area contributed by atoms with Gasteiger partial charge in [0.2, 0.25) is 5.75 Å². The van der Waals surface area contributed by atoms with Crippen molar-refractivity contribution in [1.82, 2.24) is 0 Å². The maximum absolute atomic E-state index is 13.2. The zero-order valence-corrected chi connectivity index (χ0v) is 17.6. The predicted molar refractivity (Wildman–Crippen MR) is 106 cm³/mol. The van der Waals surface area contributed by atoms with Gasteiger partial charge in [-0.2, -0.15) is 0 Å². The number of carbonyl (C=O) groups is 1. The minimum atomic E-state index is -4.84. The molecule has 2 N–H and O–H groups in total. The summed E-state index contributed by atoms with van der Waals surface area (Å²) in [5.41, 5.74) is 1.22. The number of Topliss-reactive ketones (excluding diaryl/α,β-unsaturated/α-hetero) is 1. The van der Waals surface area contributed by atoms with Crippen LogP contribution >= 0.6 is 7.82 Å². The van der Waals surface area contributed by atoms with Gasteiger partial charge in [-0.3, -0.25) is 4.79 Å². The second-order valence-corrected chi connectivity index (χ2v) is 7.91. The molecule has 0 heterocycles. The van der Waals surface area contributed by atoms with Crippen LogP contribution in [0.3, 0.4) is 0 Å². The molecule has 2 unspecified atom stereocenters. The fourth-order valence-corrected chi connectivity index (χ4v) is 3.67. The number of hydrogen-bond donors (Lipinski definition) is 2. The Balaban J connectivity index is 1.86. The molecule has 0 spiro atoms. The highest BCUT2D eigenvalue weighted by Gasteiger charge is 2.39. The van der Waals surface area contributed by atoms with Crippen LogP contribution in [0, 0.1) is 5.92 Å². The Hall–Kier alpha value is -2.58. The van der Waals surface area contributed by atoms with Crippen LogP contribution in [-0.4, -0.2) is 36.9 Å². The SMILES string of the molecule is COc1ccc(OC)c(C(=O)C2CCC2c2ccc(OC)c(OOP(=O)(O)O)c2)c1. The van der Waals surface area contributed by atoms with Crippen molar-refractivity contribution in [2.45, 2.75) is 18.8 Å².